The maximum absolute atomic E-state index is 12.2. The molecule has 0 spiro atoms. The van der Waals surface area contributed by atoms with Crippen molar-refractivity contribution in [2.45, 2.75) is 33.8 Å². The highest BCUT2D eigenvalue weighted by molar-refractivity contribution is 9.10. The molecular weight excluding hydrogens is 308 g/mol. The molecule has 0 radical (unpaired) electrons. The van der Waals surface area contributed by atoms with Crippen LogP contribution < -0.4 is 10.5 Å². The van der Waals surface area contributed by atoms with E-state index in [1.165, 1.54) is 0 Å². The van der Waals surface area contributed by atoms with Gasteiger partial charge in [0.05, 0.1) is 5.69 Å². The van der Waals surface area contributed by atoms with Gasteiger partial charge in [0.15, 0.2) is 6.10 Å². The van der Waals surface area contributed by atoms with Crippen LogP contribution in [0.1, 0.15) is 26.3 Å². The molecule has 0 saturated carbocycles. The normalized spacial score (nSPS) is 12.1. The van der Waals surface area contributed by atoms with Gasteiger partial charge >= 0.3 is 0 Å². The number of rotatable bonds is 5. The van der Waals surface area contributed by atoms with Crippen LogP contribution in [0, 0.1) is 6.92 Å². The summed E-state index contributed by atoms with van der Waals surface area (Å²) in [5.41, 5.74) is 7.37. The summed E-state index contributed by atoms with van der Waals surface area (Å²) in [5, 5.41) is 0. The predicted octanol–water partition coefficient (Wildman–Crippen LogP) is 2.98. The van der Waals surface area contributed by atoms with Crippen molar-refractivity contribution in [1.29, 1.82) is 0 Å². The summed E-state index contributed by atoms with van der Waals surface area (Å²) in [6.45, 7) is 8.92. The number of benzene rings is 1. The van der Waals surface area contributed by atoms with Crippen LogP contribution in [0.3, 0.4) is 0 Å². The lowest BCUT2D eigenvalue weighted by atomic mass is 10.2. The molecular formula is C14H21BrN2O2. The largest absolute Gasteiger partial charge is 0.478 e. The monoisotopic (exact) mass is 328 g/mol. The number of hydrogen-bond donors (Lipinski definition) is 1. The minimum absolute atomic E-state index is 0.0216. The van der Waals surface area contributed by atoms with Crippen LogP contribution in [0.5, 0.6) is 5.75 Å². The van der Waals surface area contributed by atoms with Crippen LogP contribution >= 0.6 is 15.9 Å². The van der Waals surface area contributed by atoms with Gasteiger partial charge in [0, 0.05) is 17.6 Å². The molecule has 1 rings (SSSR count). The lowest BCUT2D eigenvalue weighted by molar-refractivity contribution is -0.137. The molecule has 0 aliphatic carbocycles. The van der Waals surface area contributed by atoms with E-state index in [0.717, 1.165) is 10.0 Å². The Morgan fingerprint density at radius 1 is 1.42 bits per heavy atom. The van der Waals surface area contributed by atoms with Gasteiger partial charge in [-0.25, -0.2) is 0 Å². The summed E-state index contributed by atoms with van der Waals surface area (Å²) < 4.78 is 6.64. The maximum atomic E-state index is 12.2. The molecule has 4 nitrogen and oxygen atoms in total. The summed E-state index contributed by atoms with van der Waals surface area (Å²) in [6, 6.07) is 3.69. The Morgan fingerprint density at radius 2 is 2.00 bits per heavy atom. The molecule has 5 heteroatoms. The Bertz CT molecular complexity index is 436. The molecule has 1 atom stereocenters. The van der Waals surface area contributed by atoms with Gasteiger partial charge < -0.3 is 15.4 Å². The van der Waals surface area contributed by atoms with Crippen LogP contribution in [0.2, 0.25) is 0 Å². The molecule has 1 unspecified atom stereocenters. The summed E-state index contributed by atoms with van der Waals surface area (Å²) in [7, 11) is 0. The van der Waals surface area contributed by atoms with Gasteiger partial charge in [0.25, 0.3) is 5.91 Å². The molecule has 1 aromatic rings. The zero-order valence-corrected chi connectivity index (χ0v) is 13.5. The number of amides is 1. The molecule has 0 aromatic heterocycles. The fourth-order valence-electron chi connectivity index (χ4n) is 1.94. The highest BCUT2D eigenvalue weighted by Crippen LogP contribution is 2.31. The molecule has 0 aliphatic heterocycles. The number of ether oxygens (including phenoxy) is 1. The molecule has 0 aliphatic rings. The molecule has 0 saturated heterocycles. The fourth-order valence-corrected chi connectivity index (χ4v) is 2.53. The van der Waals surface area contributed by atoms with Crippen molar-refractivity contribution in [3.05, 3.63) is 22.2 Å². The van der Waals surface area contributed by atoms with Gasteiger partial charge in [-0.1, -0.05) is 15.9 Å². The summed E-state index contributed by atoms with van der Waals surface area (Å²) in [6.07, 6.45) is -0.540. The van der Waals surface area contributed by atoms with Gasteiger partial charge in [0.2, 0.25) is 0 Å². The highest BCUT2D eigenvalue weighted by atomic mass is 79.9. The Hall–Kier alpha value is -1.23. The smallest absolute Gasteiger partial charge is 0.263 e. The van der Waals surface area contributed by atoms with E-state index in [-0.39, 0.29) is 5.91 Å². The number of nitrogens with zero attached hydrogens (tertiary/aromatic N) is 1. The molecule has 19 heavy (non-hydrogen) atoms. The molecule has 1 aromatic carbocycles. The van der Waals surface area contributed by atoms with Crippen LogP contribution in [-0.2, 0) is 4.79 Å². The molecule has 0 bridgehead atoms. The number of hydrogen-bond acceptors (Lipinski definition) is 3. The van der Waals surface area contributed by atoms with Gasteiger partial charge in [-0.05, 0) is 45.4 Å². The van der Waals surface area contributed by atoms with E-state index in [9.17, 15) is 4.79 Å². The summed E-state index contributed by atoms with van der Waals surface area (Å²) >= 11 is 3.38. The Kier molecular flexibility index (Phi) is 5.66. The van der Waals surface area contributed by atoms with Gasteiger partial charge in [-0.3, -0.25) is 4.79 Å². The van der Waals surface area contributed by atoms with Crippen molar-refractivity contribution in [2.75, 3.05) is 18.8 Å². The standard InChI is InChI=1S/C14H21BrN2O2/c1-5-17(6-2)14(18)10(4)19-13-9(3)7-11(15)8-12(13)16/h7-8,10H,5-6,16H2,1-4H3. The SMILES string of the molecule is CCN(CC)C(=O)C(C)Oc1c(C)cc(Br)cc1N. The van der Waals surface area contributed by atoms with Gasteiger partial charge in [-0.2, -0.15) is 0 Å². The second kappa shape index (κ2) is 6.80. The minimum atomic E-state index is -0.540. The average Bonchev–Trinajstić information content (AvgIpc) is 2.34. The predicted molar refractivity (Wildman–Crippen MR) is 81.3 cm³/mol. The average molecular weight is 329 g/mol. The Balaban J connectivity index is 2.88. The second-order valence-corrected chi connectivity index (χ2v) is 5.33. The van der Waals surface area contributed by atoms with Gasteiger partial charge in [-0.15, -0.1) is 0 Å². The first-order valence-electron chi connectivity index (χ1n) is 6.41. The van der Waals surface area contributed by atoms with E-state index < -0.39 is 6.10 Å². The first kappa shape index (κ1) is 15.8. The third kappa shape index (κ3) is 3.86. The second-order valence-electron chi connectivity index (χ2n) is 4.41. The third-order valence-electron chi connectivity index (χ3n) is 2.99. The Morgan fingerprint density at radius 3 is 2.47 bits per heavy atom. The maximum Gasteiger partial charge on any atom is 0.263 e. The number of likely N-dealkylation sites (N-methyl/N-ethyl adjacent to an activating group) is 1. The van der Waals surface area contributed by atoms with Crippen molar-refractivity contribution in [3.63, 3.8) is 0 Å². The quantitative estimate of drug-likeness (QED) is 0.845. The van der Waals surface area contributed by atoms with Crippen LogP contribution in [-0.4, -0.2) is 30.0 Å². The minimum Gasteiger partial charge on any atom is -0.478 e. The van der Waals surface area contributed by atoms with Crippen LogP contribution in [0.4, 0.5) is 5.69 Å². The van der Waals surface area contributed by atoms with Crippen LogP contribution in [0.15, 0.2) is 16.6 Å². The molecule has 1 amide bonds. The first-order chi connectivity index (χ1) is 8.90. The number of carbonyl (C=O) groups excluding carboxylic acids is 1. The summed E-state index contributed by atoms with van der Waals surface area (Å²) in [4.78, 5) is 13.9. The summed E-state index contributed by atoms with van der Waals surface area (Å²) in [5.74, 6) is 0.558. The molecule has 106 valence electrons. The van der Waals surface area contributed by atoms with Crippen LogP contribution in [0.25, 0.3) is 0 Å². The van der Waals surface area contributed by atoms with Crippen molar-refractivity contribution in [3.8, 4) is 5.75 Å². The zero-order valence-electron chi connectivity index (χ0n) is 11.9. The zero-order chi connectivity index (χ0) is 14.6. The number of halogens is 1. The molecule has 0 fully saturated rings. The number of carbonyl (C=O) groups is 1. The number of aryl methyl sites for hydroxylation is 1. The Labute approximate surface area is 123 Å². The van der Waals surface area contributed by atoms with Crippen molar-refractivity contribution in [2.24, 2.45) is 0 Å². The fraction of sp³-hybridized carbons (Fsp3) is 0.500. The van der Waals surface area contributed by atoms with Crippen molar-refractivity contribution < 1.29 is 9.53 Å². The number of nitrogen functional groups attached to an aromatic ring is 1. The lowest BCUT2D eigenvalue weighted by Crippen LogP contribution is -2.40. The third-order valence-corrected chi connectivity index (χ3v) is 3.44. The van der Waals surface area contributed by atoms with Crippen molar-refractivity contribution in [1.82, 2.24) is 4.90 Å². The molecule has 2 N–H and O–H groups in total. The van der Waals surface area contributed by atoms with E-state index in [2.05, 4.69) is 15.9 Å². The lowest BCUT2D eigenvalue weighted by Gasteiger charge is -2.24. The first-order valence-corrected chi connectivity index (χ1v) is 7.21. The number of nitrogens with two attached hydrogens (primary N) is 1. The van der Waals surface area contributed by atoms with E-state index in [1.54, 1.807) is 17.9 Å². The van der Waals surface area contributed by atoms with E-state index in [1.807, 2.05) is 26.8 Å². The molecule has 0 heterocycles. The van der Waals surface area contributed by atoms with Gasteiger partial charge in [0.1, 0.15) is 5.75 Å². The topological polar surface area (TPSA) is 55.6 Å². The van der Waals surface area contributed by atoms with Crippen molar-refractivity contribution >= 4 is 27.5 Å². The number of anilines is 1. The van der Waals surface area contributed by atoms with E-state index in [0.29, 0.717) is 24.5 Å². The van der Waals surface area contributed by atoms with E-state index in [4.69, 9.17) is 10.5 Å². The highest BCUT2D eigenvalue weighted by Gasteiger charge is 2.21. The van der Waals surface area contributed by atoms with E-state index >= 15 is 0 Å².